The maximum absolute atomic E-state index is 12.2. The monoisotopic (exact) mass is 330 g/mol. The highest BCUT2D eigenvalue weighted by molar-refractivity contribution is 6.22. The van der Waals surface area contributed by atoms with Gasteiger partial charge in [-0.1, -0.05) is 0 Å². The predicted molar refractivity (Wildman–Crippen MR) is 86.5 cm³/mol. The lowest BCUT2D eigenvalue weighted by molar-refractivity contribution is 0.0673. The summed E-state index contributed by atoms with van der Waals surface area (Å²) in [4.78, 5) is 37.3. The third-order valence-electron chi connectivity index (χ3n) is 3.73. The van der Waals surface area contributed by atoms with Crippen LogP contribution in [0.3, 0.4) is 0 Å². The molecule has 0 saturated carbocycles. The number of carbonyl (C=O) groups is 3. The Bertz CT molecular complexity index is 981. The van der Waals surface area contributed by atoms with Crippen molar-refractivity contribution in [2.24, 2.45) is 0 Å². The Morgan fingerprint density at radius 3 is 2.32 bits per heavy atom. The molecule has 3 rings (SSSR count). The largest absolute Gasteiger partial charge is 0.322 e. The average Bonchev–Trinajstić information content (AvgIpc) is 2.87. The molecule has 1 aliphatic heterocycles. The molecule has 25 heavy (non-hydrogen) atoms. The third-order valence-corrected chi connectivity index (χ3v) is 3.73. The molecule has 120 valence electrons. The number of hydrogen-bond donors (Lipinski definition) is 1. The molecule has 3 amide bonds. The summed E-state index contributed by atoms with van der Waals surface area (Å²) in [5.74, 6) is -1.49. The summed E-state index contributed by atoms with van der Waals surface area (Å²) in [5, 5.41) is 20.1. The quantitative estimate of drug-likeness (QED) is 0.682. The number of nitriles is 2. The molecular weight excluding hydrogens is 320 g/mol. The Morgan fingerprint density at radius 2 is 1.68 bits per heavy atom. The van der Waals surface area contributed by atoms with Crippen molar-refractivity contribution in [3.63, 3.8) is 0 Å². The van der Waals surface area contributed by atoms with E-state index in [2.05, 4.69) is 5.32 Å². The van der Waals surface area contributed by atoms with Crippen LogP contribution in [0.15, 0.2) is 42.5 Å². The van der Waals surface area contributed by atoms with Gasteiger partial charge in [-0.15, -0.1) is 0 Å². The van der Waals surface area contributed by atoms with Gasteiger partial charge in [-0.05, 0) is 42.5 Å². The fourth-order valence-corrected chi connectivity index (χ4v) is 2.48. The molecule has 0 unspecified atom stereocenters. The van der Waals surface area contributed by atoms with Crippen molar-refractivity contribution in [3.8, 4) is 12.1 Å². The minimum absolute atomic E-state index is 0.151. The van der Waals surface area contributed by atoms with Gasteiger partial charge >= 0.3 is 0 Å². The van der Waals surface area contributed by atoms with Crippen molar-refractivity contribution in [3.05, 3.63) is 64.7 Å². The molecule has 0 saturated heterocycles. The molecule has 2 aromatic carbocycles. The van der Waals surface area contributed by atoms with Gasteiger partial charge in [0.15, 0.2) is 0 Å². The second-order valence-electron chi connectivity index (χ2n) is 5.26. The van der Waals surface area contributed by atoms with Gasteiger partial charge < -0.3 is 5.32 Å². The van der Waals surface area contributed by atoms with Crippen LogP contribution in [0.25, 0.3) is 0 Å². The second kappa shape index (κ2) is 6.26. The number of rotatable bonds is 3. The average molecular weight is 330 g/mol. The van der Waals surface area contributed by atoms with E-state index in [1.165, 1.54) is 42.5 Å². The molecule has 2 aromatic rings. The van der Waals surface area contributed by atoms with Crippen LogP contribution >= 0.6 is 0 Å². The highest BCUT2D eigenvalue weighted by Gasteiger charge is 2.35. The molecule has 1 N–H and O–H groups in total. The van der Waals surface area contributed by atoms with E-state index in [0.717, 1.165) is 4.90 Å². The lowest BCUT2D eigenvalue weighted by atomic mass is 10.1. The number of hydrogen-bond acceptors (Lipinski definition) is 5. The van der Waals surface area contributed by atoms with Gasteiger partial charge in [0.1, 0.15) is 6.54 Å². The highest BCUT2D eigenvalue weighted by Crippen LogP contribution is 2.25. The molecule has 1 aliphatic rings. The Hall–Kier alpha value is -3.97. The number of imide groups is 1. The molecular formula is C18H10N4O3. The number of nitrogens with zero attached hydrogens (tertiary/aromatic N) is 3. The summed E-state index contributed by atoms with van der Waals surface area (Å²) < 4.78 is 0. The van der Waals surface area contributed by atoms with Crippen LogP contribution < -0.4 is 5.32 Å². The minimum Gasteiger partial charge on any atom is -0.322 e. The summed E-state index contributed by atoms with van der Waals surface area (Å²) in [6, 6.07) is 14.2. The third kappa shape index (κ3) is 2.82. The topological polar surface area (TPSA) is 114 Å². The van der Waals surface area contributed by atoms with E-state index in [9.17, 15) is 14.4 Å². The first kappa shape index (κ1) is 15.9. The van der Waals surface area contributed by atoms with Crippen LogP contribution in [0.2, 0.25) is 0 Å². The summed E-state index contributed by atoms with van der Waals surface area (Å²) in [7, 11) is 0. The number of amides is 3. The lowest BCUT2D eigenvalue weighted by Gasteiger charge is -2.07. The van der Waals surface area contributed by atoms with E-state index < -0.39 is 17.7 Å². The summed E-state index contributed by atoms with van der Waals surface area (Å²) in [5.41, 5.74) is 1.51. The normalized spacial score (nSPS) is 12.3. The first-order valence-corrected chi connectivity index (χ1v) is 7.24. The van der Waals surface area contributed by atoms with Crippen molar-refractivity contribution >= 4 is 23.4 Å². The van der Waals surface area contributed by atoms with Crippen LogP contribution in [0.4, 0.5) is 5.69 Å². The molecule has 0 aliphatic carbocycles. The molecule has 0 atom stereocenters. The number of nitrogens with one attached hydrogen (secondary N) is 1. The first-order chi connectivity index (χ1) is 12.0. The molecule has 0 aromatic heterocycles. The standard InChI is InChI=1S/C18H10N4O3/c19-7-8-22-17(24)14-6-5-13(9-15(14)18(22)25)21-16(23)12-3-1-11(10-20)2-4-12/h1-6,9H,8H2,(H,21,23). The molecule has 1 heterocycles. The second-order valence-corrected chi connectivity index (χ2v) is 5.26. The van der Waals surface area contributed by atoms with Crippen LogP contribution in [0.5, 0.6) is 0 Å². The van der Waals surface area contributed by atoms with Gasteiger partial charge in [-0.2, -0.15) is 10.5 Å². The van der Waals surface area contributed by atoms with E-state index in [0.29, 0.717) is 16.8 Å². The Kier molecular flexibility index (Phi) is 3.99. The molecule has 0 fully saturated rings. The van der Waals surface area contributed by atoms with Crippen LogP contribution in [0, 0.1) is 22.7 Å². The number of anilines is 1. The molecule has 7 nitrogen and oxygen atoms in total. The number of benzene rings is 2. The predicted octanol–water partition coefficient (Wildman–Crippen LogP) is 1.93. The van der Waals surface area contributed by atoms with Gasteiger partial charge in [0, 0.05) is 11.3 Å². The van der Waals surface area contributed by atoms with Crippen molar-refractivity contribution in [1.82, 2.24) is 4.90 Å². The molecule has 0 spiro atoms. The highest BCUT2D eigenvalue weighted by atomic mass is 16.2. The Balaban J connectivity index is 1.83. The van der Waals surface area contributed by atoms with Crippen molar-refractivity contribution in [2.75, 3.05) is 11.9 Å². The van der Waals surface area contributed by atoms with Crippen LogP contribution in [0.1, 0.15) is 36.6 Å². The Morgan fingerprint density at radius 1 is 1.00 bits per heavy atom. The van der Waals surface area contributed by atoms with Gasteiger partial charge in [0.05, 0.1) is 28.8 Å². The van der Waals surface area contributed by atoms with Gasteiger partial charge in [-0.3, -0.25) is 19.3 Å². The van der Waals surface area contributed by atoms with Crippen molar-refractivity contribution in [1.29, 1.82) is 10.5 Å². The fourth-order valence-electron chi connectivity index (χ4n) is 2.48. The van der Waals surface area contributed by atoms with Crippen molar-refractivity contribution in [2.45, 2.75) is 0 Å². The molecule has 0 bridgehead atoms. The van der Waals surface area contributed by atoms with Crippen molar-refractivity contribution < 1.29 is 14.4 Å². The van der Waals surface area contributed by atoms with Gasteiger partial charge in [0.25, 0.3) is 17.7 Å². The van der Waals surface area contributed by atoms with E-state index >= 15 is 0 Å². The summed E-state index contributed by atoms with van der Waals surface area (Å²) in [6.07, 6.45) is 0. The van der Waals surface area contributed by atoms with E-state index in [-0.39, 0.29) is 17.7 Å². The first-order valence-electron chi connectivity index (χ1n) is 7.24. The van der Waals surface area contributed by atoms with Crippen LogP contribution in [-0.4, -0.2) is 29.2 Å². The number of fused-ring (bicyclic) bond motifs is 1. The smallest absolute Gasteiger partial charge is 0.262 e. The van der Waals surface area contributed by atoms with E-state index in [1.807, 2.05) is 6.07 Å². The Labute approximate surface area is 142 Å². The molecule has 7 heteroatoms. The maximum Gasteiger partial charge on any atom is 0.262 e. The van der Waals surface area contributed by atoms with Gasteiger partial charge in [-0.25, -0.2) is 0 Å². The zero-order valence-electron chi connectivity index (χ0n) is 12.8. The fraction of sp³-hybridized carbons (Fsp3) is 0.0556. The van der Waals surface area contributed by atoms with Crippen LogP contribution in [-0.2, 0) is 0 Å². The lowest BCUT2D eigenvalue weighted by Crippen LogP contribution is -2.29. The van der Waals surface area contributed by atoms with Gasteiger partial charge in [0.2, 0.25) is 0 Å². The van der Waals surface area contributed by atoms with E-state index in [1.54, 1.807) is 6.07 Å². The zero-order chi connectivity index (χ0) is 18.0. The summed E-state index contributed by atoms with van der Waals surface area (Å²) >= 11 is 0. The summed E-state index contributed by atoms with van der Waals surface area (Å²) in [6.45, 7) is -0.320. The number of carbonyl (C=O) groups excluding carboxylic acids is 3. The zero-order valence-corrected chi connectivity index (χ0v) is 12.8. The maximum atomic E-state index is 12.2. The SMILES string of the molecule is N#CCN1C(=O)c2ccc(NC(=O)c3ccc(C#N)cc3)cc2C1=O. The van der Waals surface area contributed by atoms with E-state index in [4.69, 9.17) is 10.5 Å². The minimum atomic E-state index is -0.559. The molecule has 0 radical (unpaired) electrons.